The van der Waals surface area contributed by atoms with Gasteiger partial charge >= 0.3 is 0 Å². The summed E-state index contributed by atoms with van der Waals surface area (Å²) in [5.41, 5.74) is 1.99. The zero-order chi connectivity index (χ0) is 21.1. The molecule has 0 saturated carbocycles. The van der Waals surface area contributed by atoms with Gasteiger partial charge in [-0.3, -0.25) is 4.79 Å². The molecule has 1 aromatic heterocycles. The van der Waals surface area contributed by atoms with Gasteiger partial charge in [0.05, 0.1) is 5.01 Å². The van der Waals surface area contributed by atoms with Crippen molar-refractivity contribution in [2.75, 3.05) is 25.0 Å². The number of aromatic nitrogens is 1. The van der Waals surface area contributed by atoms with Crippen molar-refractivity contribution in [3.05, 3.63) is 81.8 Å². The number of carbonyl (C=O) groups excluding carboxylic acids is 1. The predicted molar refractivity (Wildman–Crippen MR) is 115 cm³/mol. The van der Waals surface area contributed by atoms with Crippen LogP contribution in [0.4, 0.5) is 14.5 Å². The molecule has 0 atom stereocenters. The van der Waals surface area contributed by atoms with E-state index < -0.39 is 0 Å². The Hall–Kier alpha value is -2.80. The third-order valence-corrected chi connectivity index (χ3v) is 6.44. The molecule has 0 aliphatic carbocycles. The molecule has 0 radical (unpaired) electrons. The van der Waals surface area contributed by atoms with Gasteiger partial charge in [0.15, 0.2) is 0 Å². The van der Waals surface area contributed by atoms with Crippen molar-refractivity contribution in [2.24, 2.45) is 0 Å². The second-order valence-corrected chi connectivity index (χ2v) is 8.45. The number of nitrogens with zero attached hydrogens (tertiary/aromatic N) is 3. The lowest BCUT2D eigenvalue weighted by Crippen LogP contribution is -2.45. The Morgan fingerprint density at radius 3 is 2.53 bits per heavy atom. The van der Waals surface area contributed by atoms with E-state index in [0.717, 1.165) is 36.6 Å². The molecule has 3 aromatic rings. The monoisotopic (exact) mass is 427 g/mol. The second-order valence-electron chi connectivity index (χ2n) is 7.51. The maximum atomic E-state index is 13.9. The van der Waals surface area contributed by atoms with E-state index in [2.05, 4.69) is 9.88 Å². The van der Waals surface area contributed by atoms with E-state index in [1.165, 1.54) is 29.5 Å². The Labute approximate surface area is 178 Å². The van der Waals surface area contributed by atoms with Crippen molar-refractivity contribution >= 4 is 22.9 Å². The number of thiazole rings is 1. The van der Waals surface area contributed by atoms with Crippen LogP contribution in [0.3, 0.4) is 0 Å². The molecular weight excluding hydrogens is 404 g/mol. The van der Waals surface area contributed by atoms with Gasteiger partial charge in [0, 0.05) is 43.7 Å². The van der Waals surface area contributed by atoms with Gasteiger partial charge in [0.2, 0.25) is 0 Å². The molecule has 156 valence electrons. The van der Waals surface area contributed by atoms with Crippen LogP contribution < -0.4 is 4.90 Å². The summed E-state index contributed by atoms with van der Waals surface area (Å²) in [6.07, 6.45) is 2.06. The van der Waals surface area contributed by atoms with Crippen LogP contribution in [-0.2, 0) is 6.42 Å². The topological polar surface area (TPSA) is 36.4 Å². The summed E-state index contributed by atoms with van der Waals surface area (Å²) in [6.45, 7) is 1.62. The highest BCUT2D eigenvalue weighted by molar-refractivity contribution is 7.09. The molecule has 2 heterocycles. The van der Waals surface area contributed by atoms with Crippen LogP contribution in [0.2, 0.25) is 0 Å². The average Bonchev–Trinajstić information content (AvgIpc) is 3.23. The van der Waals surface area contributed by atoms with Gasteiger partial charge in [-0.2, -0.15) is 0 Å². The highest BCUT2D eigenvalue weighted by Gasteiger charge is 2.27. The highest BCUT2D eigenvalue weighted by Crippen LogP contribution is 2.24. The molecule has 0 unspecified atom stereocenters. The van der Waals surface area contributed by atoms with Crippen LogP contribution in [0.5, 0.6) is 0 Å². The first-order valence-corrected chi connectivity index (χ1v) is 10.8. The maximum Gasteiger partial charge on any atom is 0.273 e. The summed E-state index contributed by atoms with van der Waals surface area (Å²) in [5, 5.41) is 2.48. The first-order valence-electron chi connectivity index (χ1n) is 9.97. The van der Waals surface area contributed by atoms with Crippen molar-refractivity contribution in [1.82, 2.24) is 9.88 Å². The largest absolute Gasteiger partial charge is 0.371 e. The van der Waals surface area contributed by atoms with Gasteiger partial charge in [-0.15, -0.1) is 11.3 Å². The zero-order valence-electron chi connectivity index (χ0n) is 16.7. The molecule has 4 nitrogen and oxygen atoms in total. The van der Waals surface area contributed by atoms with Gasteiger partial charge in [-0.25, -0.2) is 13.8 Å². The molecule has 0 bridgehead atoms. The molecule has 7 heteroatoms. The zero-order valence-corrected chi connectivity index (χ0v) is 17.5. The molecule has 1 amide bonds. The summed E-state index contributed by atoms with van der Waals surface area (Å²) >= 11 is 1.38. The van der Waals surface area contributed by atoms with Gasteiger partial charge in [0.25, 0.3) is 5.91 Å². The van der Waals surface area contributed by atoms with Crippen LogP contribution in [0, 0.1) is 11.6 Å². The van der Waals surface area contributed by atoms with E-state index in [1.54, 1.807) is 40.6 Å². The first-order chi connectivity index (χ1) is 14.5. The SMILES string of the molecule is CN(C(=O)c1csc(Cc2ccccc2F)n1)C1CCN(c2ccc(F)cc2)CC1. The number of anilines is 1. The standard InChI is InChI=1S/C23H23F2N3OS/c1-27(18-10-12-28(13-11-18)19-8-6-17(24)7-9-19)23(29)21-15-30-22(26-21)14-16-4-2-3-5-20(16)25/h2-9,15,18H,10-14H2,1H3. The number of benzene rings is 2. The molecule has 0 spiro atoms. The molecule has 1 aliphatic heterocycles. The van der Waals surface area contributed by atoms with E-state index in [-0.39, 0.29) is 23.6 Å². The molecule has 1 saturated heterocycles. The molecule has 30 heavy (non-hydrogen) atoms. The lowest BCUT2D eigenvalue weighted by Gasteiger charge is -2.37. The lowest BCUT2D eigenvalue weighted by atomic mass is 10.0. The predicted octanol–water partition coefficient (Wildman–Crippen LogP) is 4.75. The number of carbonyl (C=O) groups is 1. The Balaban J connectivity index is 1.36. The number of halogens is 2. The number of piperidine rings is 1. The minimum atomic E-state index is -0.259. The Morgan fingerprint density at radius 1 is 1.13 bits per heavy atom. The fraction of sp³-hybridized carbons (Fsp3) is 0.304. The Kier molecular flexibility index (Phi) is 6.08. The number of amides is 1. The number of rotatable bonds is 5. The van der Waals surface area contributed by atoms with E-state index in [1.807, 2.05) is 7.05 Å². The maximum absolute atomic E-state index is 13.9. The van der Waals surface area contributed by atoms with Crippen molar-refractivity contribution < 1.29 is 13.6 Å². The van der Waals surface area contributed by atoms with Crippen LogP contribution in [0.15, 0.2) is 53.9 Å². The molecule has 1 fully saturated rings. The minimum Gasteiger partial charge on any atom is -0.371 e. The third kappa shape index (κ3) is 4.51. The number of hydrogen-bond acceptors (Lipinski definition) is 4. The van der Waals surface area contributed by atoms with E-state index in [9.17, 15) is 13.6 Å². The Morgan fingerprint density at radius 2 is 1.83 bits per heavy atom. The van der Waals surface area contributed by atoms with Crippen molar-refractivity contribution in [2.45, 2.75) is 25.3 Å². The molecule has 1 aliphatic rings. The van der Waals surface area contributed by atoms with Crippen LogP contribution in [0.25, 0.3) is 0 Å². The summed E-state index contributed by atoms with van der Waals surface area (Å²) in [7, 11) is 1.82. The van der Waals surface area contributed by atoms with E-state index >= 15 is 0 Å². The van der Waals surface area contributed by atoms with Gasteiger partial charge in [0.1, 0.15) is 17.3 Å². The van der Waals surface area contributed by atoms with Crippen molar-refractivity contribution in [3.8, 4) is 0 Å². The molecule has 2 aromatic carbocycles. The first kappa shape index (κ1) is 20.5. The Bertz CT molecular complexity index is 1010. The minimum absolute atomic E-state index is 0.105. The van der Waals surface area contributed by atoms with E-state index in [4.69, 9.17) is 0 Å². The summed E-state index contributed by atoms with van der Waals surface area (Å²) < 4.78 is 27.0. The summed E-state index contributed by atoms with van der Waals surface area (Å²) in [5.74, 6) is -0.603. The molecular formula is C23H23F2N3OS. The lowest BCUT2D eigenvalue weighted by molar-refractivity contribution is 0.0704. The summed E-state index contributed by atoms with van der Waals surface area (Å²) in [6, 6.07) is 13.3. The van der Waals surface area contributed by atoms with Gasteiger partial charge in [-0.05, 0) is 48.7 Å². The van der Waals surface area contributed by atoms with Gasteiger partial charge in [-0.1, -0.05) is 18.2 Å². The number of hydrogen-bond donors (Lipinski definition) is 0. The highest BCUT2D eigenvalue weighted by atomic mass is 32.1. The van der Waals surface area contributed by atoms with Crippen LogP contribution in [-0.4, -0.2) is 42.0 Å². The fourth-order valence-electron chi connectivity index (χ4n) is 3.80. The quantitative estimate of drug-likeness (QED) is 0.589. The van der Waals surface area contributed by atoms with Gasteiger partial charge < -0.3 is 9.80 Å². The molecule has 0 N–H and O–H groups in total. The normalized spacial score (nSPS) is 14.7. The second kappa shape index (κ2) is 8.92. The summed E-state index contributed by atoms with van der Waals surface area (Å²) in [4.78, 5) is 21.3. The average molecular weight is 428 g/mol. The van der Waals surface area contributed by atoms with Crippen molar-refractivity contribution in [3.63, 3.8) is 0 Å². The third-order valence-electron chi connectivity index (χ3n) is 5.59. The fourth-order valence-corrected chi connectivity index (χ4v) is 4.60. The smallest absolute Gasteiger partial charge is 0.273 e. The van der Waals surface area contributed by atoms with E-state index in [0.29, 0.717) is 17.7 Å². The van der Waals surface area contributed by atoms with Crippen molar-refractivity contribution in [1.29, 1.82) is 0 Å². The van der Waals surface area contributed by atoms with Crippen LogP contribution in [0.1, 0.15) is 33.9 Å². The van der Waals surface area contributed by atoms with Crippen LogP contribution >= 0.6 is 11.3 Å². The molecule has 4 rings (SSSR count).